The molecule has 8 heteroatoms. The van der Waals surface area contributed by atoms with Crippen LogP contribution in [0.2, 0.25) is 0 Å². The molecule has 0 fully saturated rings. The zero-order valence-corrected chi connectivity index (χ0v) is 16.8. The second-order valence-electron chi connectivity index (χ2n) is 6.22. The molecule has 3 aromatic rings. The van der Waals surface area contributed by atoms with Crippen LogP contribution in [0.1, 0.15) is 15.2 Å². The van der Waals surface area contributed by atoms with Crippen LogP contribution < -0.4 is 10.6 Å². The van der Waals surface area contributed by atoms with Gasteiger partial charge in [-0.1, -0.05) is 18.2 Å². The molecule has 0 atom stereocenters. The van der Waals surface area contributed by atoms with E-state index in [-0.39, 0.29) is 11.9 Å². The fraction of sp³-hybridized carbons (Fsp3) is 0.190. The van der Waals surface area contributed by atoms with Gasteiger partial charge in [0.25, 0.3) is 5.91 Å². The zero-order chi connectivity index (χ0) is 20.5. The van der Waals surface area contributed by atoms with E-state index in [4.69, 9.17) is 4.74 Å². The third kappa shape index (κ3) is 6.13. The molecule has 0 saturated carbocycles. The van der Waals surface area contributed by atoms with Crippen LogP contribution in [0.25, 0.3) is 0 Å². The molecule has 3 rings (SSSR count). The fourth-order valence-corrected chi connectivity index (χ4v) is 3.26. The monoisotopic (exact) mass is 410 g/mol. The standard InChI is InChI=1S/C21H22N4O3S/c1-28-11-10-25(15-16-5-3-9-22-14-16)21(27)24-18-7-2-6-17(13-18)23-20(26)19-8-4-12-29-19/h2-9,12-14H,10-11,15H2,1H3,(H,23,26)(H,24,27). The molecule has 1 aromatic carbocycles. The number of anilines is 2. The van der Waals surface area contributed by atoms with Crippen molar-refractivity contribution in [2.45, 2.75) is 6.54 Å². The number of benzene rings is 1. The summed E-state index contributed by atoms with van der Waals surface area (Å²) < 4.78 is 5.12. The summed E-state index contributed by atoms with van der Waals surface area (Å²) in [7, 11) is 1.60. The molecule has 2 heterocycles. The zero-order valence-electron chi connectivity index (χ0n) is 16.0. The van der Waals surface area contributed by atoms with E-state index < -0.39 is 0 Å². The molecule has 0 aliphatic carbocycles. The van der Waals surface area contributed by atoms with Crippen molar-refractivity contribution < 1.29 is 14.3 Å². The lowest BCUT2D eigenvalue weighted by Gasteiger charge is -2.23. The first-order valence-corrected chi connectivity index (χ1v) is 9.92. The summed E-state index contributed by atoms with van der Waals surface area (Å²) in [6.45, 7) is 1.27. The van der Waals surface area contributed by atoms with E-state index in [2.05, 4.69) is 15.6 Å². The topological polar surface area (TPSA) is 83.6 Å². The molecule has 0 bridgehead atoms. The minimum Gasteiger partial charge on any atom is -0.383 e. The summed E-state index contributed by atoms with van der Waals surface area (Å²) in [5, 5.41) is 7.57. The first-order valence-electron chi connectivity index (χ1n) is 9.04. The van der Waals surface area contributed by atoms with Crippen molar-refractivity contribution in [3.8, 4) is 0 Å². The van der Waals surface area contributed by atoms with Gasteiger partial charge in [0.1, 0.15) is 0 Å². The molecule has 0 aliphatic heterocycles. The van der Waals surface area contributed by atoms with Crippen molar-refractivity contribution in [3.05, 3.63) is 76.7 Å². The smallest absolute Gasteiger partial charge is 0.322 e. The average Bonchev–Trinajstić information content (AvgIpc) is 3.27. The maximum atomic E-state index is 12.8. The van der Waals surface area contributed by atoms with Crippen LogP contribution in [0.5, 0.6) is 0 Å². The van der Waals surface area contributed by atoms with Gasteiger partial charge in [-0.25, -0.2) is 4.79 Å². The van der Waals surface area contributed by atoms with E-state index >= 15 is 0 Å². The lowest BCUT2D eigenvalue weighted by molar-refractivity contribution is 0.103. The maximum absolute atomic E-state index is 12.8. The predicted molar refractivity (Wildman–Crippen MR) is 114 cm³/mol. The molecule has 3 amide bonds. The number of rotatable bonds is 8. The molecule has 0 radical (unpaired) electrons. The van der Waals surface area contributed by atoms with E-state index in [1.54, 1.807) is 54.7 Å². The second-order valence-corrected chi connectivity index (χ2v) is 7.17. The number of nitrogens with one attached hydrogen (secondary N) is 2. The van der Waals surface area contributed by atoms with Gasteiger partial charge >= 0.3 is 6.03 Å². The Bertz CT molecular complexity index is 932. The molecule has 0 spiro atoms. The number of ether oxygens (including phenoxy) is 1. The van der Waals surface area contributed by atoms with Gasteiger partial charge in [-0.15, -0.1) is 11.3 Å². The lowest BCUT2D eigenvalue weighted by Crippen LogP contribution is -2.36. The van der Waals surface area contributed by atoms with E-state index in [0.717, 1.165) is 5.56 Å². The SMILES string of the molecule is COCCN(Cc1cccnc1)C(=O)Nc1cccc(NC(=O)c2cccs2)c1. The van der Waals surface area contributed by atoms with Crippen LogP contribution in [0.4, 0.5) is 16.2 Å². The minimum atomic E-state index is -0.257. The fourth-order valence-electron chi connectivity index (χ4n) is 2.64. The summed E-state index contributed by atoms with van der Waals surface area (Å²) in [5.41, 5.74) is 2.13. The Morgan fingerprint density at radius 2 is 1.93 bits per heavy atom. The molecule has 0 aliphatic rings. The van der Waals surface area contributed by atoms with Gasteiger partial charge < -0.3 is 20.3 Å². The molecule has 2 N–H and O–H groups in total. The molecule has 7 nitrogen and oxygen atoms in total. The Morgan fingerprint density at radius 1 is 1.10 bits per heavy atom. The normalized spacial score (nSPS) is 10.4. The van der Waals surface area contributed by atoms with Gasteiger partial charge in [-0.2, -0.15) is 0 Å². The molecular weight excluding hydrogens is 388 g/mol. The number of methoxy groups -OCH3 is 1. The number of hydrogen-bond donors (Lipinski definition) is 2. The second kappa shape index (κ2) is 10.4. The van der Waals surface area contributed by atoms with Gasteiger partial charge in [0.15, 0.2) is 0 Å². The highest BCUT2D eigenvalue weighted by Crippen LogP contribution is 2.18. The first-order chi connectivity index (χ1) is 14.2. The molecule has 29 heavy (non-hydrogen) atoms. The number of amides is 3. The number of nitrogens with zero attached hydrogens (tertiary/aromatic N) is 2. The van der Waals surface area contributed by atoms with Crippen LogP contribution in [0.15, 0.2) is 66.3 Å². The molecule has 0 saturated heterocycles. The summed E-state index contributed by atoms with van der Waals surface area (Å²) in [6.07, 6.45) is 3.42. The van der Waals surface area contributed by atoms with Gasteiger partial charge in [0.2, 0.25) is 0 Å². The number of urea groups is 1. The van der Waals surface area contributed by atoms with Crippen LogP contribution in [0.3, 0.4) is 0 Å². The quantitative estimate of drug-likeness (QED) is 0.586. The highest BCUT2D eigenvalue weighted by Gasteiger charge is 2.15. The van der Waals surface area contributed by atoms with Crippen molar-refractivity contribution in [2.24, 2.45) is 0 Å². The Morgan fingerprint density at radius 3 is 2.62 bits per heavy atom. The lowest BCUT2D eigenvalue weighted by atomic mass is 10.2. The van der Waals surface area contributed by atoms with E-state index in [1.807, 2.05) is 23.6 Å². The van der Waals surface area contributed by atoms with Crippen molar-refractivity contribution in [3.63, 3.8) is 0 Å². The van der Waals surface area contributed by atoms with Crippen molar-refractivity contribution in [2.75, 3.05) is 30.9 Å². The highest BCUT2D eigenvalue weighted by atomic mass is 32.1. The summed E-state index contributed by atoms with van der Waals surface area (Å²) >= 11 is 1.37. The largest absolute Gasteiger partial charge is 0.383 e. The average molecular weight is 410 g/mol. The highest BCUT2D eigenvalue weighted by molar-refractivity contribution is 7.12. The van der Waals surface area contributed by atoms with E-state index in [1.165, 1.54) is 11.3 Å². The van der Waals surface area contributed by atoms with E-state index in [9.17, 15) is 9.59 Å². The Hall–Kier alpha value is -3.23. The van der Waals surface area contributed by atoms with Gasteiger partial charge in [-0.05, 0) is 41.3 Å². The Balaban J connectivity index is 1.66. The number of carbonyl (C=O) groups is 2. The number of pyridine rings is 1. The molecule has 0 unspecified atom stereocenters. The minimum absolute atomic E-state index is 0.179. The van der Waals surface area contributed by atoms with Crippen molar-refractivity contribution in [1.29, 1.82) is 0 Å². The van der Waals surface area contributed by atoms with Crippen LogP contribution in [-0.2, 0) is 11.3 Å². The number of thiophene rings is 1. The Labute approximate surface area is 173 Å². The number of aromatic nitrogens is 1. The van der Waals surface area contributed by atoms with Crippen LogP contribution in [0, 0.1) is 0 Å². The molecular formula is C21H22N4O3S. The van der Waals surface area contributed by atoms with Crippen molar-refractivity contribution in [1.82, 2.24) is 9.88 Å². The summed E-state index contributed by atoms with van der Waals surface area (Å²) in [6, 6.07) is 14.1. The van der Waals surface area contributed by atoms with Crippen LogP contribution in [-0.4, -0.2) is 42.1 Å². The van der Waals surface area contributed by atoms with E-state index in [0.29, 0.717) is 35.9 Å². The Kier molecular flexibility index (Phi) is 7.32. The summed E-state index contributed by atoms with van der Waals surface area (Å²) in [4.78, 5) is 31.4. The molecule has 2 aromatic heterocycles. The third-order valence-electron chi connectivity index (χ3n) is 4.07. The van der Waals surface area contributed by atoms with Gasteiger partial charge in [0, 0.05) is 44.0 Å². The molecule has 150 valence electrons. The maximum Gasteiger partial charge on any atom is 0.322 e. The summed E-state index contributed by atoms with van der Waals surface area (Å²) in [5.74, 6) is -0.179. The first kappa shape index (κ1) is 20.5. The number of carbonyl (C=O) groups excluding carboxylic acids is 2. The van der Waals surface area contributed by atoms with Crippen molar-refractivity contribution >= 4 is 34.6 Å². The van der Waals surface area contributed by atoms with Crippen LogP contribution >= 0.6 is 11.3 Å². The third-order valence-corrected chi connectivity index (χ3v) is 4.93. The number of hydrogen-bond acceptors (Lipinski definition) is 5. The van der Waals surface area contributed by atoms with Gasteiger partial charge in [0.05, 0.1) is 11.5 Å². The predicted octanol–water partition coefficient (Wildman–Crippen LogP) is 4.08. The van der Waals surface area contributed by atoms with Gasteiger partial charge in [-0.3, -0.25) is 9.78 Å².